The summed E-state index contributed by atoms with van der Waals surface area (Å²) in [5, 5.41) is 11.8. The first kappa shape index (κ1) is 19.0. The van der Waals surface area contributed by atoms with Gasteiger partial charge in [0.25, 0.3) is 0 Å². The number of aliphatic carboxylic acids is 1. The average molecular weight is 359 g/mol. The molecule has 0 saturated carbocycles. The fourth-order valence-electron chi connectivity index (χ4n) is 2.32. The van der Waals surface area contributed by atoms with Crippen LogP contribution < -0.4 is 5.32 Å². The molecular weight excluding hydrogens is 338 g/mol. The molecule has 0 spiro atoms. The van der Waals surface area contributed by atoms with Crippen molar-refractivity contribution in [2.45, 2.75) is 22.6 Å². The highest BCUT2D eigenvalue weighted by Gasteiger charge is 2.24. The van der Waals surface area contributed by atoms with E-state index >= 15 is 0 Å². The molecule has 2 unspecified atom stereocenters. The molecule has 25 heavy (non-hydrogen) atoms. The third kappa shape index (κ3) is 6.25. The van der Waals surface area contributed by atoms with Gasteiger partial charge < -0.3 is 15.2 Å². The number of esters is 1. The molecule has 2 N–H and O–H groups in total. The zero-order valence-corrected chi connectivity index (χ0v) is 14.7. The number of carbonyl (C=O) groups is 2. The second kappa shape index (κ2) is 9.86. The second-order valence-electron chi connectivity index (χ2n) is 5.43. The number of methoxy groups -OCH3 is 1. The zero-order valence-electron chi connectivity index (χ0n) is 13.9. The van der Waals surface area contributed by atoms with Crippen molar-refractivity contribution in [1.82, 2.24) is 5.32 Å². The van der Waals surface area contributed by atoms with E-state index in [9.17, 15) is 14.7 Å². The first-order valence-corrected chi connectivity index (χ1v) is 8.77. The van der Waals surface area contributed by atoms with Gasteiger partial charge in [-0.3, -0.25) is 9.59 Å². The normalized spacial score (nSPS) is 13.0. The van der Waals surface area contributed by atoms with Gasteiger partial charge in [-0.25, -0.2) is 0 Å². The van der Waals surface area contributed by atoms with Crippen LogP contribution in [0, 0.1) is 0 Å². The van der Waals surface area contributed by atoms with Crippen LogP contribution in [0.5, 0.6) is 0 Å². The lowest BCUT2D eigenvalue weighted by atomic mass is 10.1. The van der Waals surface area contributed by atoms with Gasteiger partial charge in [-0.15, -0.1) is 11.8 Å². The van der Waals surface area contributed by atoms with E-state index in [0.29, 0.717) is 6.42 Å². The van der Waals surface area contributed by atoms with Crippen LogP contribution in [0.1, 0.15) is 5.56 Å². The molecule has 0 aromatic heterocycles. The van der Waals surface area contributed by atoms with E-state index in [4.69, 9.17) is 4.74 Å². The fraction of sp³-hybridized carbons (Fsp3) is 0.263. The first-order valence-electron chi connectivity index (χ1n) is 7.90. The molecule has 0 fully saturated rings. The van der Waals surface area contributed by atoms with E-state index in [1.54, 1.807) is 0 Å². The number of nitrogens with one attached hydrogen (secondary N) is 1. The minimum atomic E-state index is -0.926. The van der Waals surface area contributed by atoms with E-state index in [1.807, 2.05) is 60.7 Å². The van der Waals surface area contributed by atoms with E-state index in [2.05, 4.69) is 5.32 Å². The van der Waals surface area contributed by atoms with Crippen LogP contribution in [0.3, 0.4) is 0 Å². The number of carboxylic acids is 1. The molecule has 132 valence electrons. The van der Waals surface area contributed by atoms with Crippen molar-refractivity contribution in [2.24, 2.45) is 0 Å². The summed E-state index contributed by atoms with van der Waals surface area (Å²) < 4.78 is 4.84. The van der Waals surface area contributed by atoms with Crippen LogP contribution in [0.25, 0.3) is 0 Å². The Labute approximate surface area is 151 Å². The van der Waals surface area contributed by atoms with Crippen LogP contribution in [0.15, 0.2) is 65.6 Å². The summed E-state index contributed by atoms with van der Waals surface area (Å²) in [5.41, 5.74) is 0.980. The third-order valence-electron chi connectivity index (χ3n) is 3.61. The van der Waals surface area contributed by atoms with Crippen molar-refractivity contribution in [2.75, 3.05) is 13.7 Å². The summed E-state index contributed by atoms with van der Waals surface area (Å²) in [6, 6.07) is 18.3. The number of carboxylic acid groups (broad SMARTS) is 1. The molecule has 0 aliphatic carbocycles. The highest BCUT2D eigenvalue weighted by Crippen LogP contribution is 2.23. The molecule has 2 aromatic carbocycles. The quantitative estimate of drug-likeness (QED) is 0.529. The lowest BCUT2D eigenvalue weighted by molar-refractivity contribution is -0.143. The number of ether oxygens (including phenoxy) is 1. The molecule has 0 radical (unpaired) electrons. The van der Waals surface area contributed by atoms with Gasteiger partial charge in [-0.1, -0.05) is 48.5 Å². The van der Waals surface area contributed by atoms with Crippen LogP contribution in [0.4, 0.5) is 0 Å². The molecule has 0 aliphatic rings. The van der Waals surface area contributed by atoms with Gasteiger partial charge in [0.15, 0.2) is 0 Å². The largest absolute Gasteiger partial charge is 0.480 e. The monoisotopic (exact) mass is 359 g/mol. The Hall–Kier alpha value is -2.31. The summed E-state index contributed by atoms with van der Waals surface area (Å²) in [6.45, 7) is 0.154. The van der Waals surface area contributed by atoms with Gasteiger partial charge in [0.1, 0.15) is 11.3 Å². The van der Waals surface area contributed by atoms with Gasteiger partial charge in [-0.2, -0.15) is 0 Å². The Bertz CT molecular complexity index is 678. The Morgan fingerprint density at radius 2 is 1.68 bits per heavy atom. The summed E-state index contributed by atoms with van der Waals surface area (Å²) >= 11 is 1.25. The lowest BCUT2D eigenvalue weighted by Gasteiger charge is -2.19. The topological polar surface area (TPSA) is 75.6 Å². The lowest BCUT2D eigenvalue weighted by Crippen LogP contribution is -2.44. The number of benzene rings is 2. The van der Waals surface area contributed by atoms with Crippen LogP contribution in [0.2, 0.25) is 0 Å². The molecule has 0 aliphatic heterocycles. The van der Waals surface area contributed by atoms with Crippen molar-refractivity contribution in [3.63, 3.8) is 0 Å². The second-order valence-corrected chi connectivity index (χ2v) is 6.71. The van der Waals surface area contributed by atoms with Gasteiger partial charge in [0.05, 0.1) is 7.11 Å². The minimum absolute atomic E-state index is 0.154. The van der Waals surface area contributed by atoms with Crippen LogP contribution in [-0.4, -0.2) is 42.0 Å². The Balaban J connectivity index is 2.01. The standard InChI is InChI=1S/C19H21NO4S/c1-24-19(23)16(12-14-8-4-2-5-9-14)20-13-17(18(21)22)25-15-10-6-3-7-11-15/h2-11,16-17,20H,12-13H2,1H3,(H,21,22). The predicted molar refractivity (Wildman–Crippen MR) is 97.7 cm³/mol. The van der Waals surface area contributed by atoms with E-state index in [1.165, 1.54) is 18.9 Å². The highest BCUT2D eigenvalue weighted by molar-refractivity contribution is 8.00. The van der Waals surface area contributed by atoms with E-state index in [-0.39, 0.29) is 6.54 Å². The van der Waals surface area contributed by atoms with Crippen molar-refractivity contribution >= 4 is 23.7 Å². The van der Waals surface area contributed by atoms with Crippen molar-refractivity contribution in [3.05, 3.63) is 66.2 Å². The zero-order chi connectivity index (χ0) is 18.1. The minimum Gasteiger partial charge on any atom is -0.480 e. The number of hydrogen-bond acceptors (Lipinski definition) is 5. The van der Waals surface area contributed by atoms with Gasteiger partial charge in [0.2, 0.25) is 0 Å². The molecular formula is C19H21NO4S. The van der Waals surface area contributed by atoms with Crippen LogP contribution in [-0.2, 0) is 20.7 Å². The number of carbonyl (C=O) groups excluding carboxylic acids is 1. The maximum absolute atomic E-state index is 12.0. The molecule has 5 nitrogen and oxygen atoms in total. The molecule has 0 bridgehead atoms. The average Bonchev–Trinajstić information content (AvgIpc) is 2.64. The van der Waals surface area contributed by atoms with Crippen molar-refractivity contribution in [1.29, 1.82) is 0 Å². The molecule has 6 heteroatoms. The Morgan fingerprint density at radius 1 is 1.08 bits per heavy atom. The van der Waals surface area contributed by atoms with Gasteiger partial charge in [-0.05, 0) is 24.1 Å². The highest BCUT2D eigenvalue weighted by atomic mass is 32.2. The molecule has 0 saturated heterocycles. The summed E-state index contributed by atoms with van der Waals surface area (Å²) in [6.07, 6.45) is 0.440. The Morgan fingerprint density at radius 3 is 2.24 bits per heavy atom. The predicted octanol–water partition coefficient (Wildman–Crippen LogP) is 2.61. The van der Waals surface area contributed by atoms with Crippen molar-refractivity contribution < 1.29 is 19.4 Å². The SMILES string of the molecule is COC(=O)C(Cc1ccccc1)NCC(Sc1ccccc1)C(=O)O. The maximum Gasteiger partial charge on any atom is 0.323 e. The molecule has 2 atom stereocenters. The fourth-order valence-corrected chi connectivity index (χ4v) is 3.25. The first-order chi connectivity index (χ1) is 12.1. The molecule has 2 aromatic rings. The molecule has 0 heterocycles. The summed E-state index contributed by atoms with van der Waals surface area (Å²) in [5.74, 6) is -1.33. The number of hydrogen-bond donors (Lipinski definition) is 2. The summed E-state index contributed by atoms with van der Waals surface area (Å²) in [7, 11) is 1.33. The van der Waals surface area contributed by atoms with Gasteiger partial charge in [0, 0.05) is 11.4 Å². The number of thioether (sulfide) groups is 1. The Kier molecular flexibility index (Phi) is 7.50. The van der Waals surface area contributed by atoms with Crippen molar-refractivity contribution in [3.8, 4) is 0 Å². The van der Waals surface area contributed by atoms with E-state index in [0.717, 1.165) is 10.5 Å². The number of rotatable bonds is 9. The van der Waals surface area contributed by atoms with Crippen LogP contribution >= 0.6 is 11.8 Å². The molecule has 0 amide bonds. The van der Waals surface area contributed by atoms with Gasteiger partial charge >= 0.3 is 11.9 Å². The van der Waals surface area contributed by atoms with E-state index < -0.39 is 23.2 Å². The molecule has 2 rings (SSSR count). The smallest absolute Gasteiger partial charge is 0.323 e. The summed E-state index contributed by atoms with van der Waals surface area (Å²) in [4.78, 5) is 24.4. The third-order valence-corrected chi connectivity index (χ3v) is 4.81. The maximum atomic E-state index is 12.0.